The first kappa shape index (κ1) is 13.4. The molecule has 1 aliphatic heterocycles. The number of nitrogens with one attached hydrogen (secondary N) is 1. The van der Waals surface area contributed by atoms with Crippen LogP contribution >= 0.6 is 12.4 Å². The van der Waals surface area contributed by atoms with E-state index in [1.54, 1.807) is 18.3 Å². The summed E-state index contributed by atoms with van der Waals surface area (Å²) in [4.78, 5) is 4.04. The summed E-state index contributed by atoms with van der Waals surface area (Å²) >= 11 is 0. The Morgan fingerprint density at radius 1 is 1.44 bits per heavy atom. The molecule has 16 heavy (non-hydrogen) atoms. The van der Waals surface area contributed by atoms with E-state index >= 15 is 0 Å². The van der Waals surface area contributed by atoms with Gasteiger partial charge in [0.2, 0.25) is 0 Å². The average molecular weight is 263 g/mol. The van der Waals surface area contributed by atoms with Gasteiger partial charge in [-0.05, 0) is 25.1 Å². The molecular formula is C10H15ClN2O2S. The van der Waals surface area contributed by atoms with Crippen LogP contribution < -0.4 is 5.32 Å². The zero-order valence-corrected chi connectivity index (χ0v) is 10.4. The van der Waals surface area contributed by atoms with Gasteiger partial charge in [-0.25, -0.2) is 8.42 Å². The smallest absolute Gasteiger partial charge is 0.160 e. The molecule has 0 unspecified atom stereocenters. The van der Waals surface area contributed by atoms with Crippen molar-refractivity contribution in [2.75, 3.05) is 13.1 Å². The maximum absolute atomic E-state index is 11.9. The topological polar surface area (TPSA) is 59.1 Å². The quantitative estimate of drug-likeness (QED) is 0.875. The molecule has 1 atom stereocenters. The molecule has 1 saturated heterocycles. The number of pyridine rings is 1. The molecular weight excluding hydrogens is 248 g/mol. The van der Waals surface area contributed by atoms with Crippen LogP contribution in [0.3, 0.4) is 0 Å². The van der Waals surface area contributed by atoms with Crippen LogP contribution in [0.15, 0.2) is 24.4 Å². The SMILES string of the molecule is Cl.O=S(=O)(Cc1ccccn1)[C@@H]1CCNC1. The van der Waals surface area contributed by atoms with Gasteiger partial charge in [-0.1, -0.05) is 6.07 Å². The molecule has 90 valence electrons. The van der Waals surface area contributed by atoms with Gasteiger partial charge in [0.05, 0.1) is 16.7 Å². The maximum Gasteiger partial charge on any atom is 0.160 e. The number of aromatic nitrogens is 1. The third-order valence-corrected chi connectivity index (χ3v) is 4.71. The van der Waals surface area contributed by atoms with Crippen molar-refractivity contribution in [3.63, 3.8) is 0 Å². The highest BCUT2D eigenvalue weighted by Crippen LogP contribution is 2.14. The number of hydrogen-bond acceptors (Lipinski definition) is 4. The van der Waals surface area contributed by atoms with E-state index in [0.717, 1.165) is 13.0 Å². The van der Waals surface area contributed by atoms with Gasteiger partial charge < -0.3 is 5.32 Å². The lowest BCUT2D eigenvalue weighted by molar-refractivity contribution is 0.581. The second-order valence-corrected chi connectivity index (χ2v) is 6.02. The highest BCUT2D eigenvalue weighted by Gasteiger charge is 2.28. The molecule has 4 nitrogen and oxygen atoms in total. The third-order valence-electron chi connectivity index (χ3n) is 2.60. The average Bonchev–Trinajstić information content (AvgIpc) is 2.71. The third kappa shape index (κ3) is 3.17. The Morgan fingerprint density at radius 3 is 2.81 bits per heavy atom. The summed E-state index contributed by atoms with van der Waals surface area (Å²) in [6.45, 7) is 1.38. The lowest BCUT2D eigenvalue weighted by Gasteiger charge is -2.09. The fourth-order valence-corrected chi connectivity index (χ4v) is 3.41. The molecule has 0 spiro atoms. The monoisotopic (exact) mass is 262 g/mol. The number of rotatable bonds is 3. The summed E-state index contributed by atoms with van der Waals surface area (Å²) < 4.78 is 23.8. The Morgan fingerprint density at radius 2 is 2.25 bits per heavy atom. The van der Waals surface area contributed by atoms with Gasteiger partial charge >= 0.3 is 0 Å². The number of halogens is 1. The summed E-state index contributed by atoms with van der Waals surface area (Å²) in [5, 5.41) is 2.83. The van der Waals surface area contributed by atoms with Gasteiger partial charge in [0.1, 0.15) is 0 Å². The highest BCUT2D eigenvalue weighted by molar-refractivity contribution is 7.91. The summed E-state index contributed by atoms with van der Waals surface area (Å²) in [6, 6.07) is 5.35. The van der Waals surface area contributed by atoms with Crippen LogP contribution in [0.25, 0.3) is 0 Å². The Hall–Kier alpha value is -0.650. The molecule has 2 rings (SSSR count). The molecule has 0 radical (unpaired) electrons. The summed E-state index contributed by atoms with van der Waals surface area (Å²) in [5.41, 5.74) is 0.629. The predicted octanol–water partition coefficient (Wildman–Crippen LogP) is 0.780. The normalized spacial score (nSPS) is 20.4. The fraction of sp³-hybridized carbons (Fsp3) is 0.500. The second kappa shape index (κ2) is 5.61. The van der Waals surface area contributed by atoms with E-state index < -0.39 is 9.84 Å². The lowest BCUT2D eigenvalue weighted by Crippen LogP contribution is -2.25. The van der Waals surface area contributed by atoms with E-state index in [0.29, 0.717) is 12.2 Å². The first-order chi connectivity index (χ1) is 7.18. The van der Waals surface area contributed by atoms with Crippen LogP contribution in [0.2, 0.25) is 0 Å². The standard InChI is InChI=1S/C10H14N2O2S.ClH/c13-15(14,10-4-6-11-7-10)8-9-3-1-2-5-12-9;/h1-3,5,10-11H,4,6-8H2;1H/t10-;/m1./s1. The zero-order valence-electron chi connectivity index (χ0n) is 8.80. The Balaban J connectivity index is 0.00000128. The summed E-state index contributed by atoms with van der Waals surface area (Å²) in [5.74, 6) is 0.0557. The van der Waals surface area contributed by atoms with Crippen molar-refractivity contribution >= 4 is 22.2 Å². The van der Waals surface area contributed by atoms with Crippen LogP contribution in [-0.2, 0) is 15.6 Å². The van der Waals surface area contributed by atoms with Crippen molar-refractivity contribution in [2.45, 2.75) is 17.4 Å². The van der Waals surface area contributed by atoms with Crippen LogP contribution in [0.1, 0.15) is 12.1 Å². The Bertz CT molecular complexity index is 416. The molecule has 1 fully saturated rings. The minimum Gasteiger partial charge on any atom is -0.315 e. The maximum atomic E-state index is 11.9. The highest BCUT2D eigenvalue weighted by atomic mass is 35.5. The van der Waals surface area contributed by atoms with Crippen molar-refractivity contribution in [1.29, 1.82) is 0 Å². The van der Waals surface area contributed by atoms with Crippen LogP contribution in [0, 0.1) is 0 Å². The van der Waals surface area contributed by atoms with Crippen molar-refractivity contribution in [1.82, 2.24) is 10.3 Å². The first-order valence-electron chi connectivity index (χ1n) is 5.01. The van der Waals surface area contributed by atoms with E-state index in [1.807, 2.05) is 6.07 Å². The molecule has 0 saturated carbocycles. The van der Waals surface area contributed by atoms with Crippen molar-refractivity contribution < 1.29 is 8.42 Å². The van der Waals surface area contributed by atoms with E-state index in [1.165, 1.54) is 0 Å². The van der Waals surface area contributed by atoms with Crippen LogP contribution in [-0.4, -0.2) is 31.7 Å². The van der Waals surface area contributed by atoms with Gasteiger partial charge in [0.25, 0.3) is 0 Å². The zero-order chi connectivity index (χ0) is 10.7. The molecule has 1 aliphatic rings. The van der Waals surface area contributed by atoms with Gasteiger partial charge in [0, 0.05) is 12.7 Å². The molecule has 1 aromatic rings. The summed E-state index contributed by atoms with van der Waals surface area (Å²) in [7, 11) is -3.04. The molecule has 0 aliphatic carbocycles. The predicted molar refractivity (Wildman–Crippen MR) is 65.4 cm³/mol. The van der Waals surface area contributed by atoms with E-state index in [4.69, 9.17) is 0 Å². The number of nitrogens with zero attached hydrogens (tertiary/aromatic N) is 1. The van der Waals surface area contributed by atoms with Gasteiger partial charge in [0.15, 0.2) is 9.84 Å². The van der Waals surface area contributed by atoms with E-state index in [-0.39, 0.29) is 23.4 Å². The van der Waals surface area contributed by atoms with Gasteiger partial charge in [-0.3, -0.25) is 4.98 Å². The molecule has 6 heteroatoms. The van der Waals surface area contributed by atoms with Gasteiger partial charge in [-0.2, -0.15) is 0 Å². The fourth-order valence-electron chi connectivity index (χ4n) is 1.74. The number of hydrogen-bond donors (Lipinski definition) is 1. The second-order valence-electron chi connectivity index (χ2n) is 3.74. The van der Waals surface area contributed by atoms with Crippen LogP contribution in [0.4, 0.5) is 0 Å². The number of sulfone groups is 1. The molecule has 2 heterocycles. The molecule has 1 N–H and O–H groups in total. The molecule has 0 amide bonds. The minimum absolute atomic E-state index is 0. The minimum atomic E-state index is -3.04. The Kier molecular flexibility index (Phi) is 4.70. The molecule has 0 aromatic carbocycles. The largest absolute Gasteiger partial charge is 0.315 e. The van der Waals surface area contributed by atoms with Crippen LogP contribution in [0.5, 0.6) is 0 Å². The van der Waals surface area contributed by atoms with E-state index in [2.05, 4.69) is 10.3 Å². The lowest BCUT2D eigenvalue weighted by atomic mass is 10.4. The summed E-state index contributed by atoms with van der Waals surface area (Å²) in [6.07, 6.45) is 2.34. The van der Waals surface area contributed by atoms with Gasteiger partial charge in [-0.15, -0.1) is 12.4 Å². The van der Waals surface area contributed by atoms with E-state index in [9.17, 15) is 8.42 Å². The van der Waals surface area contributed by atoms with Crippen molar-refractivity contribution in [3.05, 3.63) is 30.1 Å². The molecule has 0 bridgehead atoms. The Labute approximate surface area is 102 Å². The van der Waals surface area contributed by atoms with Crippen molar-refractivity contribution in [2.24, 2.45) is 0 Å². The molecule has 1 aromatic heterocycles. The van der Waals surface area contributed by atoms with Crippen molar-refractivity contribution in [3.8, 4) is 0 Å². The first-order valence-corrected chi connectivity index (χ1v) is 6.72.